The SMILES string of the molecule is C=C(OCC)c1cc(F)cc(C2=C(Br)CCC2)c1.CC. The fraction of sp³-hybridized carbons (Fsp3) is 0.412. The number of allylic oxidation sites excluding steroid dienone is 2. The van der Waals surface area contributed by atoms with E-state index in [0.717, 1.165) is 24.8 Å². The molecule has 0 bridgehead atoms. The average Bonchev–Trinajstić information content (AvgIpc) is 2.87. The fourth-order valence-corrected chi connectivity index (χ4v) is 2.90. The number of hydrogen-bond donors (Lipinski definition) is 0. The van der Waals surface area contributed by atoms with Gasteiger partial charge in [0.2, 0.25) is 0 Å². The summed E-state index contributed by atoms with van der Waals surface area (Å²) in [6.45, 7) is 10.3. The summed E-state index contributed by atoms with van der Waals surface area (Å²) in [6.07, 6.45) is 3.15. The van der Waals surface area contributed by atoms with E-state index in [1.807, 2.05) is 26.8 Å². The Hall–Kier alpha value is -1.09. The lowest BCUT2D eigenvalue weighted by atomic mass is 10.0. The van der Waals surface area contributed by atoms with Crippen molar-refractivity contribution in [1.29, 1.82) is 0 Å². The number of hydrogen-bond acceptors (Lipinski definition) is 1. The highest BCUT2D eigenvalue weighted by Gasteiger charge is 2.16. The second-order valence-corrected chi connectivity index (χ2v) is 5.28. The Morgan fingerprint density at radius 1 is 1.30 bits per heavy atom. The number of rotatable bonds is 4. The minimum Gasteiger partial charge on any atom is -0.494 e. The van der Waals surface area contributed by atoms with Crippen LogP contribution in [-0.4, -0.2) is 6.61 Å². The number of halogens is 2. The molecule has 1 nitrogen and oxygen atoms in total. The molecule has 1 aliphatic rings. The van der Waals surface area contributed by atoms with Crippen molar-refractivity contribution < 1.29 is 9.13 Å². The first-order chi connectivity index (χ1) is 9.61. The third-order valence-corrected chi connectivity index (χ3v) is 3.91. The molecule has 0 amide bonds. The summed E-state index contributed by atoms with van der Waals surface area (Å²) in [4.78, 5) is 0. The topological polar surface area (TPSA) is 9.23 Å². The van der Waals surface area contributed by atoms with Gasteiger partial charge in [-0.25, -0.2) is 4.39 Å². The van der Waals surface area contributed by atoms with Gasteiger partial charge in [-0.1, -0.05) is 36.4 Å². The van der Waals surface area contributed by atoms with Gasteiger partial charge in [0.15, 0.2) is 0 Å². The van der Waals surface area contributed by atoms with Crippen molar-refractivity contribution in [2.45, 2.75) is 40.0 Å². The summed E-state index contributed by atoms with van der Waals surface area (Å²) in [5, 5.41) is 0. The Bertz CT molecular complexity index is 506. The molecule has 0 unspecified atom stereocenters. The van der Waals surface area contributed by atoms with Crippen LogP contribution in [0.25, 0.3) is 11.3 Å². The van der Waals surface area contributed by atoms with E-state index in [9.17, 15) is 4.39 Å². The van der Waals surface area contributed by atoms with Crippen molar-refractivity contribution in [2.75, 3.05) is 6.61 Å². The van der Waals surface area contributed by atoms with Crippen LogP contribution in [0.2, 0.25) is 0 Å². The predicted octanol–water partition coefficient (Wildman–Crippen LogP) is 6.15. The van der Waals surface area contributed by atoms with Gasteiger partial charge in [0, 0.05) is 5.56 Å². The fourth-order valence-electron chi connectivity index (χ4n) is 2.19. The molecule has 110 valence electrons. The van der Waals surface area contributed by atoms with Gasteiger partial charge in [0.05, 0.1) is 6.61 Å². The molecule has 0 N–H and O–H groups in total. The van der Waals surface area contributed by atoms with E-state index in [-0.39, 0.29) is 5.82 Å². The maximum Gasteiger partial charge on any atom is 0.124 e. The lowest BCUT2D eigenvalue weighted by Gasteiger charge is -2.10. The van der Waals surface area contributed by atoms with Gasteiger partial charge in [0.1, 0.15) is 11.6 Å². The molecule has 1 aliphatic carbocycles. The molecule has 1 aromatic carbocycles. The van der Waals surface area contributed by atoms with Gasteiger partial charge in [-0.05, 0) is 60.0 Å². The zero-order valence-corrected chi connectivity index (χ0v) is 14.0. The zero-order valence-electron chi connectivity index (χ0n) is 12.4. The largest absolute Gasteiger partial charge is 0.494 e. The highest BCUT2D eigenvalue weighted by atomic mass is 79.9. The molecule has 0 radical (unpaired) electrons. The van der Waals surface area contributed by atoms with Crippen LogP contribution < -0.4 is 0 Å². The van der Waals surface area contributed by atoms with Crippen LogP contribution in [0.5, 0.6) is 0 Å². The van der Waals surface area contributed by atoms with Crippen molar-refractivity contribution >= 4 is 27.3 Å². The second kappa shape index (κ2) is 8.25. The Morgan fingerprint density at radius 3 is 2.55 bits per heavy atom. The highest BCUT2D eigenvalue weighted by Crippen LogP contribution is 2.38. The summed E-state index contributed by atoms with van der Waals surface area (Å²) in [7, 11) is 0. The van der Waals surface area contributed by atoms with Crippen LogP contribution in [0.4, 0.5) is 4.39 Å². The van der Waals surface area contributed by atoms with Gasteiger partial charge in [0.25, 0.3) is 0 Å². The molecule has 0 saturated heterocycles. The number of ether oxygens (including phenoxy) is 1. The first-order valence-electron chi connectivity index (χ1n) is 7.12. The molecule has 0 aromatic heterocycles. The van der Waals surface area contributed by atoms with Crippen LogP contribution in [0.1, 0.15) is 51.2 Å². The smallest absolute Gasteiger partial charge is 0.124 e. The lowest BCUT2D eigenvalue weighted by Crippen LogP contribution is -1.94. The summed E-state index contributed by atoms with van der Waals surface area (Å²) >= 11 is 3.56. The molecule has 0 saturated carbocycles. The first-order valence-corrected chi connectivity index (χ1v) is 7.91. The summed E-state index contributed by atoms with van der Waals surface area (Å²) in [5.41, 5.74) is 2.84. The van der Waals surface area contributed by atoms with Gasteiger partial charge >= 0.3 is 0 Å². The summed E-state index contributed by atoms with van der Waals surface area (Å²) in [5.74, 6) is 0.274. The van der Waals surface area contributed by atoms with Crippen molar-refractivity contribution in [1.82, 2.24) is 0 Å². The monoisotopic (exact) mass is 340 g/mol. The lowest BCUT2D eigenvalue weighted by molar-refractivity contribution is 0.299. The maximum atomic E-state index is 13.7. The third kappa shape index (κ3) is 4.20. The van der Waals surface area contributed by atoms with E-state index in [0.29, 0.717) is 17.9 Å². The highest BCUT2D eigenvalue weighted by molar-refractivity contribution is 9.11. The molecular formula is C17H22BrFO. The molecule has 1 aromatic rings. The van der Waals surface area contributed by atoms with Gasteiger partial charge in [-0.3, -0.25) is 0 Å². The Kier molecular flexibility index (Phi) is 7.00. The molecule has 0 spiro atoms. The maximum absolute atomic E-state index is 13.7. The quantitative estimate of drug-likeness (QED) is 0.597. The molecule has 3 heteroatoms. The Labute approximate surface area is 129 Å². The standard InChI is InChI=1S/C15H16BrFO.C2H6/c1-3-18-10(2)11-7-12(9-13(17)8-11)14-5-4-6-15(14)16;1-2/h7-9H,2-6H2,1H3;1-2H3. The van der Waals surface area contributed by atoms with E-state index in [1.165, 1.54) is 16.1 Å². The summed E-state index contributed by atoms with van der Waals surface area (Å²) < 4.78 is 20.2. The van der Waals surface area contributed by atoms with Crippen LogP contribution in [0, 0.1) is 5.82 Å². The second-order valence-electron chi connectivity index (χ2n) is 4.32. The van der Waals surface area contributed by atoms with Gasteiger partial charge in [-0.15, -0.1) is 0 Å². The molecular weight excluding hydrogens is 319 g/mol. The Balaban J connectivity index is 0.000000956. The molecule has 2 rings (SSSR count). The van der Waals surface area contributed by atoms with E-state index < -0.39 is 0 Å². The van der Waals surface area contributed by atoms with Crippen molar-refractivity contribution in [3.05, 3.63) is 46.2 Å². The molecule has 0 aliphatic heterocycles. The van der Waals surface area contributed by atoms with Crippen molar-refractivity contribution in [2.24, 2.45) is 0 Å². The van der Waals surface area contributed by atoms with E-state index in [1.54, 1.807) is 6.07 Å². The van der Waals surface area contributed by atoms with Crippen molar-refractivity contribution in [3.63, 3.8) is 0 Å². The Morgan fingerprint density at radius 2 is 2.00 bits per heavy atom. The predicted molar refractivity (Wildman–Crippen MR) is 88.1 cm³/mol. The minimum absolute atomic E-state index is 0.247. The third-order valence-electron chi connectivity index (χ3n) is 3.04. The van der Waals surface area contributed by atoms with Gasteiger partial charge in [-0.2, -0.15) is 0 Å². The normalized spacial score (nSPS) is 13.8. The molecule has 0 fully saturated rings. The number of benzene rings is 1. The van der Waals surface area contributed by atoms with Crippen molar-refractivity contribution in [3.8, 4) is 0 Å². The molecule has 0 heterocycles. The van der Waals surface area contributed by atoms with E-state index in [2.05, 4.69) is 22.5 Å². The van der Waals surface area contributed by atoms with Crippen LogP contribution in [-0.2, 0) is 4.74 Å². The summed E-state index contributed by atoms with van der Waals surface area (Å²) in [6, 6.07) is 4.98. The first kappa shape index (κ1) is 17.0. The molecule has 0 atom stereocenters. The average molecular weight is 341 g/mol. The van der Waals surface area contributed by atoms with Crippen LogP contribution in [0.3, 0.4) is 0 Å². The van der Waals surface area contributed by atoms with E-state index >= 15 is 0 Å². The van der Waals surface area contributed by atoms with Gasteiger partial charge < -0.3 is 4.74 Å². The minimum atomic E-state index is -0.247. The van der Waals surface area contributed by atoms with Crippen LogP contribution >= 0.6 is 15.9 Å². The zero-order chi connectivity index (χ0) is 15.1. The van der Waals surface area contributed by atoms with E-state index in [4.69, 9.17) is 4.74 Å². The molecule has 20 heavy (non-hydrogen) atoms. The van der Waals surface area contributed by atoms with Crippen LogP contribution in [0.15, 0.2) is 29.3 Å².